The highest BCUT2D eigenvalue weighted by Crippen LogP contribution is 2.23. The average molecular weight is 487 g/mol. The highest BCUT2D eigenvalue weighted by atomic mass is 127. The molecule has 0 radical (unpaired) electrons. The van der Waals surface area contributed by atoms with Gasteiger partial charge < -0.3 is 10.2 Å². The van der Waals surface area contributed by atoms with Crippen molar-refractivity contribution in [2.45, 2.75) is 25.0 Å². The van der Waals surface area contributed by atoms with Crippen LogP contribution in [0.5, 0.6) is 0 Å². The summed E-state index contributed by atoms with van der Waals surface area (Å²) in [4.78, 5) is 10.3. The van der Waals surface area contributed by atoms with E-state index < -0.39 is 14.6 Å². The van der Waals surface area contributed by atoms with E-state index in [2.05, 4.69) is 15.3 Å². The molecule has 0 saturated carbocycles. The molecular weight excluding hydrogens is 463 g/mol. The fourth-order valence-corrected chi connectivity index (χ4v) is 4.01. The third-order valence-corrected chi connectivity index (χ3v) is 6.80. The van der Waals surface area contributed by atoms with Crippen molar-refractivity contribution in [3.8, 4) is 0 Å². The Morgan fingerprint density at radius 2 is 2.17 bits per heavy atom. The molecule has 2 rings (SSSR count). The summed E-state index contributed by atoms with van der Waals surface area (Å²) in [5, 5.41) is 3.77. The van der Waals surface area contributed by atoms with E-state index in [0.29, 0.717) is 24.8 Å². The molecule has 1 aliphatic rings. The second-order valence-corrected chi connectivity index (χ2v) is 9.34. The maximum atomic E-state index is 12.1. The van der Waals surface area contributed by atoms with E-state index in [-0.39, 0.29) is 29.7 Å². The predicted molar refractivity (Wildman–Crippen MR) is 109 cm³/mol. The van der Waals surface area contributed by atoms with Crippen molar-refractivity contribution in [1.82, 2.24) is 15.2 Å². The zero-order chi connectivity index (χ0) is 17.1. The number of hydrogen-bond donors (Lipinski definition) is 1. The molecular formula is C15H24ClIN4O2S. The average Bonchev–Trinajstić information content (AvgIpc) is 2.49. The molecule has 9 heteroatoms. The number of aliphatic imine (C=N–C) groups is 1. The van der Waals surface area contributed by atoms with Gasteiger partial charge in [0.1, 0.15) is 5.15 Å². The Kier molecular flexibility index (Phi) is 7.74. The second kappa shape index (κ2) is 8.66. The molecule has 0 amide bonds. The minimum Gasteiger partial charge on any atom is -0.356 e. The summed E-state index contributed by atoms with van der Waals surface area (Å²) in [5.41, 5.74) is 1.08. The number of guanidine groups is 1. The van der Waals surface area contributed by atoms with Gasteiger partial charge in [-0.2, -0.15) is 0 Å². The van der Waals surface area contributed by atoms with E-state index in [4.69, 9.17) is 11.6 Å². The summed E-state index contributed by atoms with van der Waals surface area (Å²) in [6, 6.07) is 3.71. The zero-order valence-electron chi connectivity index (χ0n) is 14.1. The maximum Gasteiger partial charge on any atom is 0.193 e. The SMILES string of the molecule is CN=C(NCCc1ccc(Cl)nc1)N1CCS(=O)(=O)C(C)(C)C1.I. The second-order valence-electron chi connectivity index (χ2n) is 6.21. The van der Waals surface area contributed by atoms with Gasteiger partial charge in [-0.3, -0.25) is 4.99 Å². The molecule has 6 nitrogen and oxygen atoms in total. The van der Waals surface area contributed by atoms with Gasteiger partial charge in [-0.05, 0) is 31.9 Å². The molecule has 1 N–H and O–H groups in total. The van der Waals surface area contributed by atoms with Gasteiger partial charge in [0.15, 0.2) is 15.8 Å². The molecule has 1 aromatic heterocycles. The molecule has 0 spiro atoms. The zero-order valence-corrected chi connectivity index (χ0v) is 18.0. The first-order valence-corrected chi connectivity index (χ1v) is 9.56. The Labute approximate surface area is 166 Å². The van der Waals surface area contributed by atoms with Crippen LogP contribution in [0.1, 0.15) is 19.4 Å². The van der Waals surface area contributed by atoms with E-state index in [1.54, 1.807) is 33.2 Å². The summed E-state index contributed by atoms with van der Waals surface area (Å²) in [5.74, 6) is 0.886. The molecule has 0 aromatic carbocycles. The third kappa shape index (κ3) is 5.19. The number of hydrogen-bond acceptors (Lipinski definition) is 4. The van der Waals surface area contributed by atoms with E-state index in [1.165, 1.54) is 0 Å². The Hall–Kier alpha value is -0.610. The lowest BCUT2D eigenvalue weighted by Gasteiger charge is -2.39. The Balaban J connectivity index is 0.00000288. The predicted octanol–water partition coefficient (Wildman–Crippen LogP) is 1.98. The van der Waals surface area contributed by atoms with Crippen LogP contribution in [-0.4, -0.2) is 61.4 Å². The molecule has 2 heterocycles. The molecule has 1 aliphatic heterocycles. The first kappa shape index (κ1) is 21.4. The van der Waals surface area contributed by atoms with Crippen LogP contribution in [0.2, 0.25) is 5.15 Å². The van der Waals surface area contributed by atoms with E-state index in [9.17, 15) is 8.42 Å². The van der Waals surface area contributed by atoms with Gasteiger partial charge in [0.2, 0.25) is 0 Å². The van der Waals surface area contributed by atoms with Crippen molar-refractivity contribution >= 4 is 51.4 Å². The fraction of sp³-hybridized carbons (Fsp3) is 0.600. The number of aromatic nitrogens is 1. The van der Waals surface area contributed by atoms with Gasteiger partial charge in [-0.1, -0.05) is 17.7 Å². The first-order valence-electron chi connectivity index (χ1n) is 7.53. The van der Waals surface area contributed by atoms with Gasteiger partial charge in [-0.25, -0.2) is 13.4 Å². The molecule has 1 saturated heterocycles. The van der Waals surface area contributed by atoms with Crippen molar-refractivity contribution in [2.24, 2.45) is 4.99 Å². The molecule has 24 heavy (non-hydrogen) atoms. The molecule has 0 atom stereocenters. The van der Waals surface area contributed by atoms with Crippen molar-refractivity contribution < 1.29 is 8.42 Å². The number of halogens is 2. The van der Waals surface area contributed by atoms with Crippen LogP contribution in [0.15, 0.2) is 23.3 Å². The van der Waals surface area contributed by atoms with E-state index in [0.717, 1.165) is 17.9 Å². The minimum atomic E-state index is -3.05. The third-order valence-electron chi connectivity index (χ3n) is 4.04. The van der Waals surface area contributed by atoms with Crippen LogP contribution in [0, 0.1) is 0 Å². The highest BCUT2D eigenvalue weighted by Gasteiger charge is 2.40. The number of sulfone groups is 1. The van der Waals surface area contributed by atoms with Gasteiger partial charge in [0.05, 0.1) is 10.5 Å². The number of nitrogens with zero attached hydrogens (tertiary/aromatic N) is 3. The van der Waals surface area contributed by atoms with E-state index in [1.807, 2.05) is 11.0 Å². The molecule has 0 aliphatic carbocycles. The van der Waals surface area contributed by atoms with Crippen LogP contribution >= 0.6 is 35.6 Å². The van der Waals surface area contributed by atoms with Crippen LogP contribution < -0.4 is 5.32 Å². The molecule has 0 bridgehead atoms. The molecule has 0 unspecified atom stereocenters. The lowest BCUT2D eigenvalue weighted by Crippen LogP contribution is -2.57. The van der Waals surface area contributed by atoms with Crippen molar-refractivity contribution in [3.05, 3.63) is 29.0 Å². The summed E-state index contributed by atoms with van der Waals surface area (Å²) in [6.07, 6.45) is 2.54. The van der Waals surface area contributed by atoms with Crippen LogP contribution in [0.3, 0.4) is 0 Å². The van der Waals surface area contributed by atoms with Crippen LogP contribution in [0.25, 0.3) is 0 Å². The lowest BCUT2D eigenvalue weighted by molar-refractivity contribution is 0.353. The summed E-state index contributed by atoms with van der Waals surface area (Å²) >= 11 is 5.77. The summed E-state index contributed by atoms with van der Waals surface area (Å²) in [7, 11) is -1.34. The normalized spacial score (nSPS) is 19.5. The van der Waals surface area contributed by atoms with Crippen LogP contribution in [-0.2, 0) is 16.3 Å². The lowest BCUT2D eigenvalue weighted by atomic mass is 10.2. The summed E-state index contributed by atoms with van der Waals surface area (Å²) in [6.45, 7) is 5.13. The quantitative estimate of drug-likeness (QED) is 0.306. The Bertz CT molecular complexity index is 677. The molecule has 1 aromatic rings. The van der Waals surface area contributed by atoms with Gasteiger partial charge in [0.25, 0.3) is 0 Å². The molecule has 1 fully saturated rings. The Morgan fingerprint density at radius 3 is 2.71 bits per heavy atom. The van der Waals surface area contributed by atoms with E-state index >= 15 is 0 Å². The number of nitrogens with one attached hydrogen (secondary N) is 1. The van der Waals surface area contributed by atoms with Crippen molar-refractivity contribution in [1.29, 1.82) is 0 Å². The van der Waals surface area contributed by atoms with Crippen molar-refractivity contribution in [2.75, 3.05) is 32.4 Å². The van der Waals surface area contributed by atoms with Gasteiger partial charge >= 0.3 is 0 Å². The minimum absolute atomic E-state index is 0. The maximum absolute atomic E-state index is 12.1. The van der Waals surface area contributed by atoms with Gasteiger partial charge in [0, 0.05) is 32.9 Å². The monoisotopic (exact) mass is 486 g/mol. The fourth-order valence-electron chi connectivity index (χ4n) is 2.53. The standard InChI is InChI=1S/C15H23ClN4O2S.HI/c1-15(2)11-20(8-9-23(15,21)22)14(17-3)18-7-6-12-4-5-13(16)19-10-12;/h4-5,10H,6-9,11H2,1-3H3,(H,17,18);1H. The van der Waals surface area contributed by atoms with Crippen LogP contribution in [0.4, 0.5) is 0 Å². The first-order chi connectivity index (χ1) is 10.7. The molecule has 136 valence electrons. The number of pyridine rings is 1. The van der Waals surface area contributed by atoms with Crippen molar-refractivity contribution in [3.63, 3.8) is 0 Å². The smallest absolute Gasteiger partial charge is 0.193 e. The number of rotatable bonds is 3. The Morgan fingerprint density at radius 1 is 1.46 bits per heavy atom. The topological polar surface area (TPSA) is 74.7 Å². The summed E-state index contributed by atoms with van der Waals surface area (Å²) < 4.78 is 23.4. The highest BCUT2D eigenvalue weighted by molar-refractivity contribution is 14.0. The largest absolute Gasteiger partial charge is 0.356 e. The van der Waals surface area contributed by atoms with Gasteiger partial charge in [-0.15, -0.1) is 24.0 Å².